The molecule has 0 aliphatic carbocycles. The quantitative estimate of drug-likeness (QED) is 0.652. The van der Waals surface area contributed by atoms with E-state index < -0.39 is 0 Å². The van der Waals surface area contributed by atoms with E-state index in [2.05, 4.69) is 39.5 Å². The summed E-state index contributed by atoms with van der Waals surface area (Å²) in [5, 5.41) is 0. The van der Waals surface area contributed by atoms with Crippen molar-refractivity contribution in [1.29, 1.82) is 0 Å². The van der Waals surface area contributed by atoms with E-state index in [0.29, 0.717) is 9.74 Å². The van der Waals surface area contributed by atoms with Gasteiger partial charge in [-0.25, -0.2) is 4.98 Å². The van der Waals surface area contributed by atoms with Gasteiger partial charge in [0, 0.05) is 15.7 Å². The molecule has 0 saturated carbocycles. The molecule has 13 heavy (non-hydrogen) atoms. The smallest absolute Gasteiger partial charge is 0.221 e. The fourth-order valence-corrected chi connectivity index (χ4v) is 1.29. The van der Waals surface area contributed by atoms with Crippen LogP contribution in [0.1, 0.15) is 18.9 Å². The van der Waals surface area contributed by atoms with Crippen molar-refractivity contribution >= 4 is 34.4 Å². The van der Waals surface area contributed by atoms with E-state index >= 15 is 0 Å². The number of rotatable bonds is 3. The molecule has 1 heterocycles. The molecule has 1 unspecified atom stereocenters. The van der Waals surface area contributed by atoms with Crippen LogP contribution in [0.3, 0.4) is 0 Å². The number of nitrogens with zero attached hydrogens (tertiary/aromatic N) is 2. The Hall–Kier alpha value is -0.590. The SMILES string of the molecule is CC(I)CCc1cnc(N)nc1N. The summed E-state index contributed by atoms with van der Waals surface area (Å²) in [7, 11) is 0. The third-order valence-corrected chi connectivity index (χ3v) is 2.35. The Morgan fingerprint density at radius 2 is 2.23 bits per heavy atom. The highest BCUT2D eigenvalue weighted by Gasteiger charge is 2.03. The van der Waals surface area contributed by atoms with Gasteiger partial charge in [-0.1, -0.05) is 29.5 Å². The Kier molecular flexibility index (Phi) is 3.71. The van der Waals surface area contributed by atoms with Crippen LogP contribution in [-0.4, -0.2) is 13.9 Å². The van der Waals surface area contributed by atoms with Crippen molar-refractivity contribution in [2.45, 2.75) is 23.7 Å². The summed E-state index contributed by atoms with van der Waals surface area (Å²) in [4.78, 5) is 7.80. The van der Waals surface area contributed by atoms with Gasteiger partial charge in [-0.2, -0.15) is 4.98 Å². The van der Waals surface area contributed by atoms with Gasteiger partial charge in [-0.3, -0.25) is 0 Å². The minimum atomic E-state index is 0.240. The third-order valence-electron chi connectivity index (χ3n) is 1.73. The summed E-state index contributed by atoms with van der Waals surface area (Å²) < 4.78 is 0.634. The summed E-state index contributed by atoms with van der Waals surface area (Å²) in [6.07, 6.45) is 3.70. The molecule has 1 aromatic heterocycles. The van der Waals surface area contributed by atoms with Gasteiger partial charge >= 0.3 is 0 Å². The second kappa shape index (κ2) is 4.59. The van der Waals surface area contributed by atoms with E-state index in [4.69, 9.17) is 11.5 Å². The Bertz CT molecular complexity index is 287. The molecule has 0 spiro atoms. The van der Waals surface area contributed by atoms with Gasteiger partial charge in [0.05, 0.1) is 0 Å². The number of aryl methyl sites for hydroxylation is 1. The maximum Gasteiger partial charge on any atom is 0.221 e. The first-order chi connectivity index (χ1) is 6.09. The van der Waals surface area contributed by atoms with Gasteiger partial charge in [0.2, 0.25) is 5.95 Å². The Balaban J connectivity index is 2.67. The van der Waals surface area contributed by atoms with Gasteiger partial charge in [0.25, 0.3) is 0 Å². The number of nitrogen functional groups attached to an aromatic ring is 2. The first kappa shape index (κ1) is 10.5. The van der Waals surface area contributed by atoms with Crippen molar-refractivity contribution in [3.63, 3.8) is 0 Å². The Morgan fingerprint density at radius 3 is 2.77 bits per heavy atom. The van der Waals surface area contributed by atoms with Crippen LogP contribution in [0.25, 0.3) is 0 Å². The number of aromatic nitrogens is 2. The van der Waals surface area contributed by atoms with Crippen molar-refractivity contribution in [3.05, 3.63) is 11.8 Å². The van der Waals surface area contributed by atoms with Gasteiger partial charge in [0.1, 0.15) is 5.82 Å². The number of halogens is 1. The summed E-state index contributed by atoms with van der Waals surface area (Å²) in [5.74, 6) is 0.744. The van der Waals surface area contributed by atoms with Crippen molar-refractivity contribution in [2.75, 3.05) is 11.5 Å². The van der Waals surface area contributed by atoms with Gasteiger partial charge in [-0.05, 0) is 12.8 Å². The number of nitrogens with two attached hydrogens (primary N) is 2. The first-order valence-corrected chi connectivity index (χ1v) is 5.35. The van der Waals surface area contributed by atoms with Crippen molar-refractivity contribution in [1.82, 2.24) is 9.97 Å². The minimum absolute atomic E-state index is 0.240. The molecule has 0 aromatic carbocycles. The summed E-state index contributed by atoms with van der Waals surface area (Å²) >= 11 is 2.38. The molecule has 1 rings (SSSR count). The molecule has 0 fully saturated rings. The van der Waals surface area contributed by atoms with E-state index in [1.807, 2.05) is 0 Å². The Labute approximate surface area is 91.3 Å². The zero-order valence-electron chi connectivity index (χ0n) is 7.50. The zero-order valence-corrected chi connectivity index (χ0v) is 9.65. The molecule has 0 radical (unpaired) electrons. The van der Waals surface area contributed by atoms with Crippen molar-refractivity contribution in [2.24, 2.45) is 0 Å². The van der Waals surface area contributed by atoms with Crippen LogP contribution in [0.4, 0.5) is 11.8 Å². The monoisotopic (exact) mass is 292 g/mol. The highest BCUT2D eigenvalue weighted by Crippen LogP contribution is 2.14. The lowest BCUT2D eigenvalue weighted by atomic mass is 10.1. The van der Waals surface area contributed by atoms with Crippen LogP contribution in [0.5, 0.6) is 0 Å². The Morgan fingerprint density at radius 1 is 1.54 bits per heavy atom. The lowest BCUT2D eigenvalue weighted by Gasteiger charge is -2.05. The molecular formula is C8H13IN4. The topological polar surface area (TPSA) is 77.8 Å². The van der Waals surface area contributed by atoms with Crippen molar-refractivity contribution in [3.8, 4) is 0 Å². The van der Waals surface area contributed by atoms with Crippen LogP contribution in [0.2, 0.25) is 0 Å². The van der Waals surface area contributed by atoms with Crippen LogP contribution in [0.15, 0.2) is 6.20 Å². The fourth-order valence-electron chi connectivity index (χ4n) is 0.981. The molecule has 72 valence electrons. The zero-order chi connectivity index (χ0) is 9.84. The van der Waals surface area contributed by atoms with Crippen LogP contribution in [0, 0.1) is 0 Å². The highest BCUT2D eigenvalue weighted by molar-refractivity contribution is 14.1. The van der Waals surface area contributed by atoms with Crippen LogP contribution >= 0.6 is 22.6 Å². The highest BCUT2D eigenvalue weighted by atomic mass is 127. The van der Waals surface area contributed by atoms with Gasteiger partial charge < -0.3 is 11.5 Å². The van der Waals surface area contributed by atoms with Gasteiger partial charge in [-0.15, -0.1) is 0 Å². The summed E-state index contributed by atoms with van der Waals surface area (Å²) in [6, 6.07) is 0. The van der Waals surface area contributed by atoms with Gasteiger partial charge in [0.15, 0.2) is 0 Å². The van der Waals surface area contributed by atoms with E-state index in [-0.39, 0.29) is 5.95 Å². The lowest BCUT2D eigenvalue weighted by molar-refractivity contribution is 0.827. The van der Waals surface area contributed by atoms with E-state index in [0.717, 1.165) is 18.4 Å². The fraction of sp³-hybridized carbons (Fsp3) is 0.500. The van der Waals surface area contributed by atoms with Crippen molar-refractivity contribution < 1.29 is 0 Å². The molecule has 1 aromatic rings. The molecule has 0 amide bonds. The minimum Gasteiger partial charge on any atom is -0.383 e. The normalized spacial score (nSPS) is 12.8. The third kappa shape index (κ3) is 3.33. The first-order valence-electron chi connectivity index (χ1n) is 4.10. The molecular weight excluding hydrogens is 279 g/mol. The average Bonchev–Trinajstić information content (AvgIpc) is 2.02. The number of hydrogen-bond acceptors (Lipinski definition) is 4. The average molecular weight is 292 g/mol. The number of alkyl halides is 1. The molecule has 0 saturated heterocycles. The lowest BCUT2D eigenvalue weighted by Crippen LogP contribution is -2.04. The molecule has 0 bridgehead atoms. The van der Waals surface area contributed by atoms with E-state index in [9.17, 15) is 0 Å². The molecule has 4 nitrogen and oxygen atoms in total. The summed E-state index contributed by atoms with van der Waals surface area (Å²) in [6.45, 7) is 2.16. The maximum absolute atomic E-state index is 5.67. The number of anilines is 2. The van der Waals surface area contributed by atoms with E-state index in [1.54, 1.807) is 6.20 Å². The summed E-state index contributed by atoms with van der Waals surface area (Å²) in [5.41, 5.74) is 12.0. The molecule has 5 heteroatoms. The predicted octanol–water partition coefficient (Wildman–Crippen LogP) is 1.40. The molecule has 0 aliphatic rings. The van der Waals surface area contributed by atoms with Crippen LogP contribution < -0.4 is 11.5 Å². The van der Waals surface area contributed by atoms with E-state index in [1.165, 1.54) is 0 Å². The number of hydrogen-bond donors (Lipinski definition) is 2. The second-order valence-corrected chi connectivity index (χ2v) is 5.08. The van der Waals surface area contributed by atoms with Crippen LogP contribution in [-0.2, 0) is 6.42 Å². The maximum atomic E-state index is 5.67. The largest absolute Gasteiger partial charge is 0.383 e. The standard InChI is InChI=1S/C8H13IN4/c1-5(9)2-3-6-4-12-8(11)13-7(6)10/h4-5H,2-3H2,1H3,(H4,10,11,12,13). The molecule has 1 atom stereocenters. The molecule has 0 aliphatic heterocycles. The second-order valence-electron chi connectivity index (χ2n) is 2.96. The predicted molar refractivity (Wildman–Crippen MR) is 62.7 cm³/mol. The molecule has 4 N–H and O–H groups in total.